The van der Waals surface area contributed by atoms with Crippen LogP contribution in [0.25, 0.3) is 0 Å². The molecule has 10 nitrogen and oxygen atoms in total. The summed E-state index contributed by atoms with van der Waals surface area (Å²) in [5, 5.41) is 19.2. The molecule has 3 aliphatic rings. The van der Waals surface area contributed by atoms with E-state index in [1.54, 1.807) is 0 Å². The Kier molecular flexibility index (Phi) is 12.8. The van der Waals surface area contributed by atoms with Crippen LogP contribution >= 0.6 is 0 Å². The monoisotopic (exact) mass is 532 g/mol. The van der Waals surface area contributed by atoms with E-state index in [1.165, 1.54) is 6.42 Å². The molecule has 2 heterocycles. The van der Waals surface area contributed by atoms with Crippen molar-refractivity contribution in [1.29, 1.82) is 5.26 Å². The van der Waals surface area contributed by atoms with Gasteiger partial charge in [-0.3, -0.25) is 15.1 Å². The van der Waals surface area contributed by atoms with Crippen molar-refractivity contribution < 1.29 is 19.1 Å². The molecule has 0 spiro atoms. The molecule has 1 saturated carbocycles. The number of hydrogen-bond acceptors (Lipinski definition) is 8. The van der Waals surface area contributed by atoms with Gasteiger partial charge in [0.25, 0.3) is 0 Å². The number of nitriles is 1. The van der Waals surface area contributed by atoms with Crippen molar-refractivity contribution in [2.75, 3.05) is 46.4 Å². The molecule has 2 atom stereocenters. The van der Waals surface area contributed by atoms with Gasteiger partial charge in [0.2, 0.25) is 5.91 Å². The minimum absolute atomic E-state index is 0.252. The molecule has 2 aliphatic heterocycles. The normalized spacial score (nSPS) is 23.7. The van der Waals surface area contributed by atoms with E-state index < -0.39 is 23.8 Å². The number of aliphatic imine (C=N–C) groups is 1. The van der Waals surface area contributed by atoms with E-state index in [2.05, 4.69) is 33.8 Å². The summed E-state index contributed by atoms with van der Waals surface area (Å²) in [5.74, 6) is 0.453. The molecular weight excluding hydrogens is 484 g/mol. The summed E-state index contributed by atoms with van der Waals surface area (Å²) < 4.78 is 11.3. The average molecular weight is 533 g/mol. The van der Waals surface area contributed by atoms with E-state index in [-0.39, 0.29) is 5.91 Å². The molecule has 0 aromatic rings. The van der Waals surface area contributed by atoms with Crippen LogP contribution < -0.4 is 16.0 Å². The van der Waals surface area contributed by atoms with Crippen molar-refractivity contribution in [1.82, 2.24) is 20.9 Å². The Morgan fingerprint density at radius 2 is 1.97 bits per heavy atom. The van der Waals surface area contributed by atoms with E-state index in [9.17, 15) is 14.9 Å². The van der Waals surface area contributed by atoms with Gasteiger partial charge in [-0.15, -0.1) is 0 Å². The maximum Gasteiger partial charge on any atom is 0.412 e. The van der Waals surface area contributed by atoms with Crippen LogP contribution in [-0.4, -0.2) is 86.9 Å². The maximum absolute atomic E-state index is 13.7. The summed E-state index contributed by atoms with van der Waals surface area (Å²) in [6, 6.07) is 1.67. The molecule has 1 aliphatic carbocycles. The summed E-state index contributed by atoms with van der Waals surface area (Å²) in [6.45, 7) is 5.68. The Hall–Kier alpha value is -2.22. The van der Waals surface area contributed by atoms with Gasteiger partial charge in [0, 0.05) is 26.2 Å². The number of piperidine rings is 1. The third-order valence-electron chi connectivity index (χ3n) is 7.99. The fraction of sp³-hybridized carbons (Fsp3) is 0.857. The van der Waals surface area contributed by atoms with Gasteiger partial charge in [0.1, 0.15) is 23.5 Å². The number of nitrogens with one attached hydrogen (secondary N) is 3. The van der Waals surface area contributed by atoms with Crippen LogP contribution in [0.2, 0.25) is 0 Å². The van der Waals surface area contributed by atoms with Gasteiger partial charge in [-0.2, -0.15) is 5.26 Å². The quantitative estimate of drug-likeness (QED) is 0.212. The Balaban J connectivity index is 1.77. The topological polar surface area (TPSA) is 128 Å². The van der Waals surface area contributed by atoms with Crippen LogP contribution in [0, 0.1) is 17.2 Å². The highest BCUT2D eigenvalue weighted by molar-refractivity contribution is 5.99. The number of likely N-dealkylation sites (tertiary alicyclic amines) is 1. The fourth-order valence-corrected chi connectivity index (χ4v) is 5.48. The zero-order chi connectivity index (χ0) is 27.2. The number of alkyl carbamates (subject to hydrolysis) is 1. The fourth-order valence-electron chi connectivity index (χ4n) is 5.48. The molecule has 3 rings (SSSR count). The highest BCUT2D eigenvalue weighted by Crippen LogP contribution is 2.29. The largest absolute Gasteiger partial charge is 0.449 e. The molecule has 0 radical (unpaired) electrons. The Morgan fingerprint density at radius 1 is 1.21 bits per heavy atom. The second-order valence-electron chi connectivity index (χ2n) is 11.1. The molecule has 10 heteroatoms. The molecule has 2 amide bonds. The summed E-state index contributed by atoms with van der Waals surface area (Å²) in [4.78, 5) is 33.4. The summed E-state index contributed by atoms with van der Waals surface area (Å²) in [5.41, 5.74) is -0.891. The minimum atomic E-state index is -0.891. The standard InChI is InChI=1S/C28H48N6O4/c1-3-4-5-9-17-38-27(36)32-25(24-20-30-14-18-37-24)31-23(19-22-10-7-6-8-11-22)26(35)33-28(21-29)12-15-34(2)16-13-28/h22-24,30H,3-20H2,1-2H3,(H,33,35)(H,31,32,36). The van der Waals surface area contributed by atoms with Gasteiger partial charge in [0.05, 0.1) is 19.3 Å². The second kappa shape index (κ2) is 16.0. The lowest BCUT2D eigenvalue weighted by Crippen LogP contribution is -2.56. The van der Waals surface area contributed by atoms with Gasteiger partial charge in [0.15, 0.2) is 0 Å². The zero-order valence-corrected chi connectivity index (χ0v) is 23.4. The third kappa shape index (κ3) is 9.83. The van der Waals surface area contributed by atoms with Gasteiger partial charge in [-0.25, -0.2) is 4.79 Å². The van der Waals surface area contributed by atoms with E-state index in [0.29, 0.717) is 50.8 Å². The number of hydrogen-bond donors (Lipinski definition) is 3. The molecule has 2 unspecified atom stereocenters. The van der Waals surface area contributed by atoms with Crippen LogP contribution in [0.5, 0.6) is 0 Å². The number of carbonyl (C=O) groups is 2. The maximum atomic E-state index is 13.7. The summed E-state index contributed by atoms with van der Waals surface area (Å²) >= 11 is 0. The van der Waals surface area contributed by atoms with Crippen molar-refractivity contribution >= 4 is 17.8 Å². The van der Waals surface area contributed by atoms with Crippen molar-refractivity contribution in [2.45, 2.75) is 102 Å². The molecule has 0 aromatic carbocycles. The Labute approximate surface area is 228 Å². The molecule has 0 aromatic heterocycles. The van der Waals surface area contributed by atoms with E-state index in [0.717, 1.165) is 71.0 Å². The SMILES string of the molecule is CCCCCCOC(=O)NC(=NC(CC1CCCCC1)C(=O)NC1(C#N)CCN(C)CC1)C1CNCCO1. The first-order valence-electron chi connectivity index (χ1n) is 14.7. The first kappa shape index (κ1) is 30.3. The van der Waals surface area contributed by atoms with Crippen LogP contribution in [0.4, 0.5) is 4.79 Å². The number of ether oxygens (including phenoxy) is 2. The number of morpholine rings is 1. The molecule has 3 fully saturated rings. The molecule has 214 valence electrons. The lowest BCUT2D eigenvalue weighted by molar-refractivity contribution is -0.124. The lowest BCUT2D eigenvalue weighted by Gasteiger charge is -2.37. The van der Waals surface area contributed by atoms with Crippen molar-refractivity contribution in [3.63, 3.8) is 0 Å². The number of amidine groups is 1. The molecule has 2 saturated heterocycles. The molecular formula is C28H48N6O4. The number of nitrogens with zero attached hydrogens (tertiary/aromatic N) is 3. The van der Waals surface area contributed by atoms with E-state index in [4.69, 9.17) is 14.5 Å². The van der Waals surface area contributed by atoms with Crippen LogP contribution in [0.3, 0.4) is 0 Å². The Bertz CT molecular complexity index is 809. The number of amides is 2. The van der Waals surface area contributed by atoms with Gasteiger partial charge in [-0.1, -0.05) is 58.3 Å². The lowest BCUT2D eigenvalue weighted by atomic mass is 9.84. The highest BCUT2D eigenvalue weighted by Gasteiger charge is 2.38. The first-order valence-corrected chi connectivity index (χ1v) is 14.7. The summed E-state index contributed by atoms with van der Waals surface area (Å²) in [7, 11) is 2.03. The predicted octanol–water partition coefficient (Wildman–Crippen LogP) is 3.12. The summed E-state index contributed by atoms with van der Waals surface area (Å²) in [6.07, 6.45) is 10.4. The predicted molar refractivity (Wildman–Crippen MR) is 147 cm³/mol. The molecule has 38 heavy (non-hydrogen) atoms. The van der Waals surface area contributed by atoms with Gasteiger partial charge >= 0.3 is 6.09 Å². The number of rotatable bonds is 11. The van der Waals surface area contributed by atoms with Crippen LogP contribution in [0.1, 0.15) is 84.0 Å². The van der Waals surface area contributed by atoms with E-state index in [1.807, 2.05) is 7.05 Å². The number of unbranched alkanes of at least 4 members (excludes halogenated alkanes) is 3. The highest BCUT2D eigenvalue weighted by atomic mass is 16.5. The molecule has 3 N–H and O–H groups in total. The number of carbonyl (C=O) groups excluding carboxylic acids is 2. The van der Waals surface area contributed by atoms with Crippen molar-refractivity contribution in [3.05, 3.63) is 0 Å². The average Bonchev–Trinajstić information content (AvgIpc) is 2.94. The third-order valence-corrected chi connectivity index (χ3v) is 7.99. The smallest absolute Gasteiger partial charge is 0.412 e. The van der Waals surface area contributed by atoms with Crippen LogP contribution in [0.15, 0.2) is 4.99 Å². The van der Waals surface area contributed by atoms with Gasteiger partial charge < -0.3 is 25.0 Å². The van der Waals surface area contributed by atoms with Gasteiger partial charge in [-0.05, 0) is 38.6 Å². The first-order chi connectivity index (χ1) is 18.4. The zero-order valence-electron chi connectivity index (χ0n) is 23.4. The Morgan fingerprint density at radius 3 is 2.63 bits per heavy atom. The van der Waals surface area contributed by atoms with Crippen molar-refractivity contribution in [3.8, 4) is 6.07 Å². The van der Waals surface area contributed by atoms with E-state index >= 15 is 0 Å². The molecule has 0 bridgehead atoms. The van der Waals surface area contributed by atoms with Crippen molar-refractivity contribution in [2.24, 2.45) is 10.9 Å². The second-order valence-corrected chi connectivity index (χ2v) is 11.1. The minimum Gasteiger partial charge on any atom is -0.449 e. The van der Waals surface area contributed by atoms with Crippen LogP contribution in [-0.2, 0) is 14.3 Å².